The maximum Gasteiger partial charge on any atom is 0.306 e. The number of ether oxygens (including phenoxy) is 3. The molecular formula is C71H122O6. The molecule has 0 heterocycles. The Balaban J connectivity index is 4.15. The van der Waals surface area contributed by atoms with Gasteiger partial charge in [-0.2, -0.15) is 0 Å². The minimum absolute atomic E-state index is 0.0812. The first-order valence-electron chi connectivity index (χ1n) is 32.7. The van der Waals surface area contributed by atoms with Crippen LogP contribution < -0.4 is 0 Å². The maximum atomic E-state index is 12.9. The van der Waals surface area contributed by atoms with E-state index in [1.54, 1.807) is 0 Å². The summed E-state index contributed by atoms with van der Waals surface area (Å²) < 4.78 is 16.9. The van der Waals surface area contributed by atoms with Crippen molar-refractivity contribution in [1.29, 1.82) is 0 Å². The van der Waals surface area contributed by atoms with Crippen molar-refractivity contribution in [2.24, 2.45) is 0 Å². The van der Waals surface area contributed by atoms with Crippen LogP contribution in [-0.4, -0.2) is 37.2 Å². The highest BCUT2D eigenvalue weighted by atomic mass is 16.6. The summed E-state index contributed by atoms with van der Waals surface area (Å²) in [5, 5.41) is 0. The number of hydrogen-bond donors (Lipinski definition) is 0. The van der Waals surface area contributed by atoms with E-state index in [1.165, 1.54) is 161 Å². The average Bonchev–Trinajstić information content (AvgIpc) is 3.43. The van der Waals surface area contributed by atoms with Crippen molar-refractivity contribution in [1.82, 2.24) is 0 Å². The van der Waals surface area contributed by atoms with Gasteiger partial charge in [-0.15, -0.1) is 0 Å². The largest absolute Gasteiger partial charge is 0.462 e. The molecule has 0 aliphatic heterocycles. The van der Waals surface area contributed by atoms with Gasteiger partial charge in [0.25, 0.3) is 0 Å². The molecule has 0 saturated heterocycles. The highest BCUT2D eigenvalue weighted by molar-refractivity contribution is 5.71. The second-order valence-electron chi connectivity index (χ2n) is 21.6. The zero-order valence-electron chi connectivity index (χ0n) is 50.7. The van der Waals surface area contributed by atoms with Gasteiger partial charge in [0.05, 0.1) is 0 Å². The Morgan fingerprint density at radius 2 is 0.519 bits per heavy atom. The lowest BCUT2D eigenvalue weighted by molar-refractivity contribution is -0.167. The lowest BCUT2D eigenvalue weighted by Crippen LogP contribution is -2.30. The van der Waals surface area contributed by atoms with Crippen LogP contribution in [0.1, 0.15) is 316 Å². The van der Waals surface area contributed by atoms with E-state index < -0.39 is 6.10 Å². The molecule has 0 aliphatic carbocycles. The fourth-order valence-corrected chi connectivity index (χ4v) is 9.13. The van der Waals surface area contributed by atoms with E-state index in [-0.39, 0.29) is 31.1 Å². The summed E-state index contributed by atoms with van der Waals surface area (Å²) in [5.74, 6) is -0.891. The molecule has 0 fully saturated rings. The van der Waals surface area contributed by atoms with Gasteiger partial charge in [-0.3, -0.25) is 14.4 Å². The van der Waals surface area contributed by atoms with Gasteiger partial charge in [-0.1, -0.05) is 279 Å². The highest BCUT2D eigenvalue weighted by Crippen LogP contribution is 2.16. The van der Waals surface area contributed by atoms with Crippen molar-refractivity contribution in [3.8, 4) is 0 Å². The Kier molecular flexibility index (Phi) is 61.8. The van der Waals surface area contributed by atoms with E-state index >= 15 is 0 Å². The second kappa shape index (κ2) is 64.9. The number of esters is 3. The van der Waals surface area contributed by atoms with Gasteiger partial charge in [-0.05, 0) is 116 Å². The van der Waals surface area contributed by atoms with Crippen LogP contribution in [0.3, 0.4) is 0 Å². The topological polar surface area (TPSA) is 78.9 Å². The number of carbonyl (C=O) groups excluding carboxylic acids is 3. The van der Waals surface area contributed by atoms with Gasteiger partial charge in [0.2, 0.25) is 0 Å². The average molecular weight is 1070 g/mol. The van der Waals surface area contributed by atoms with Crippen molar-refractivity contribution in [2.45, 2.75) is 322 Å². The van der Waals surface area contributed by atoms with Crippen LogP contribution in [0, 0.1) is 0 Å². The normalized spacial score (nSPS) is 12.7. The molecule has 442 valence electrons. The molecule has 1 atom stereocenters. The lowest BCUT2D eigenvalue weighted by Gasteiger charge is -2.18. The standard InChI is InChI=1S/C71H122O6/c1-4-7-10-13-16-19-22-24-26-27-28-29-30-31-32-33-34-35-36-37-38-39-40-41-42-43-45-46-49-52-55-58-61-64-70(73)76-67-68(66-75-69(72)63-60-57-54-51-48-21-18-15-12-9-6-3)77-71(74)65-62-59-56-53-50-47-44-25-23-20-17-14-11-8-5-2/h7,10,15-16,18-19,24-26,28-29,31-32,34-35,44,68H,4-6,8-9,11-14,17,20-23,27,30,33,36-43,45-67H2,1-3H3/b10-7-,18-15-,19-16-,26-24-,29-28-,32-31-,35-34-,44-25-. The lowest BCUT2D eigenvalue weighted by atomic mass is 10.0. The van der Waals surface area contributed by atoms with Crippen LogP contribution in [0.2, 0.25) is 0 Å². The van der Waals surface area contributed by atoms with Crippen LogP contribution in [0.5, 0.6) is 0 Å². The van der Waals surface area contributed by atoms with E-state index in [0.717, 1.165) is 116 Å². The Bertz CT molecular complexity index is 1510. The van der Waals surface area contributed by atoms with Crippen molar-refractivity contribution >= 4 is 17.9 Å². The third-order valence-electron chi connectivity index (χ3n) is 14.0. The van der Waals surface area contributed by atoms with Gasteiger partial charge in [-0.25, -0.2) is 0 Å². The monoisotopic (exact) mass is 1070 g/mol. The predicted molar refractivity (Wildman–Crippen MR) is 334 cm³/mol. The van der Waals surface area contributed by atoms with Crippen LogP contribution >= 0.6 is 0 Å². The zero-order chi connectivity index (χ0) is 55.7. The van der Waals surface area contributed by atoms with Gasteiger partial charge >= 0.3 is 17.9 Å². The number of unbranched alkanes of at least 4 members (excludes halogenated alkanes) is 32. The SMILES string of the molecule is CC/C=C\C/C=C\C/C=C\C/C=C\C/C=C\C/C=C\CCCCCCCCCCCCCCCCC(=O)OCC(COC(=O)CCCCCCC/C=C\CCCC)OC(=O)CCCCCCC/C=C\CCCCCCCC. The van der Waals surface area contributed by atoms with Gasteiger partial charge in [0.15, 0.2) is 6.10 Å². The van der Waals surface area contributed by atoms with Crippen LogP contribution in [0.25, 0.3) is 0 Å². The summed E-state index contributed by atoms with van der Waals surface area (Å²) in [5.41, 5.74) is 0. The van der Waals surface area contributed by atoms with Crippen LogP contribution in [0.4, 0.5) is 0 Å². The summed E-state index contributed by atoms with van der Waals surface area (Å²) in [6.45, 7) is 6.49. The molecule has 6 nitrogen and oxygen atoms in total. The van der Waals surface area contributed by atoms with Crippen molar-refractivity contribution in [3.63, 3.8) is 0 Å². The molecule has 0 amide bonds. The number of carbonyl (C=O) groups is 3. The molecule has 0 bridgehead atoms. The number of allylic oxidation sites excluding steroid dienone is 16. The van der Waals surface area contributed by atoms with Crippen molar-refractivity contribution in [3.05, 3.63) is 97.2 Å². The quantitative estimate of drug-likeness (QED) is 0.0261. The fraction of sp³-hybridized carbons (Fsp3) is 0.732. The Morgan fingerprint density at radius 1 is 0.273 bits per heavy atom. The Hall–Kier alpha value is -3.67. The Labute approximate surface area is 477 Å². The van der Waals surface area contributed by atoms with Crippen molar-refractivity contribution < 1.29 is 28.6 Å². The van der Waals surface area contributed by atoms with Gasteiger partial charge in [0, 0.05) is 19.3 Å². The molecule has 0 N–H and O–H groups in total. The minimum atomic E-state index is -0.784. The third kappa shape index (κ3) is 63.0. The molecule has 0 spiro atoms. The van der Waals surface area contributed by atoms with Crippen LogP contribution in [0.15, 0.2) is 97.2 Å². The molecule has 0 aliphatic rings. The number of rotatable bonds is 59. The molecule has 0 aromatic rings. The summed E-state index contributed by atoms with van der Waals surface area (Å²) in [6.07, 6.45) is 87.2. The fourth-order valence-electron chi connectivity index (χ4n) is 9.13. The van der Waals surface area contributed by atoms with Crippen molar-refractivity contribution in [2.75, 3.05) is 13.2 Å². The molecule has 1 unspecified atom stereocenters. The molecule has 0 aromatic heterocycles. The van der Waals surface area contributed by atoms with E-state index in [0.29, 0.717) is 19.3 Å². The van der Waals surface area contributed by atoms with E-state index in [4.69, 9.17) is 14.2 Å². The molecule has 6 heteroatoms. The summed E-state index contributed by atoms with van der Waals surface area (Å²) in [6, 6.07) is 0. The number of hydrogen-bond acceptors (Lipinski definition) is 6. The molecule has 0 saturated carbocycles. The first-order chi connectivity index (χ1) is 38.0. The Morgan fingerprint density at radius 3 is 0.844 bits per heavy atom. The molecule has 0 aromatic carbocycles. The predicted octanol–water partition coefficient (Wildman–Crippen LogP) is 22.4. The first kappa shape index (κ1) is 73.3. The van der Waals surface area contributed by atoms with Crippen LogP contribution in [-0.2, 0) is 28.6 Å². The van der Waals surface area contributed by atoms with E-state index in [2.05, 4.69) is 118 Å². The van der Waals surface area contributed by atoms with E-state index in [1.807, 2.05) is 0 Å². The zero-order valence-corrected chi connectivity index (χ0v) is 50.7. The van der Waals surface area contributed by atoms with E-state index in [9.17, 15) is 14.4 Å². The maximum absolute atomic E-state index is 12.9. The molecule has 0 rings (SSSR count). The molecular weight excluding hydrogens is 949 g/mol. The minimum Gasteiger partial charge on any atom is -0.462 e. The second-order valence-corrected chi connectivity index (χ2v) is 21.6. The molecule has 0 radical (unpaired) electrons. The highest BCUT2D eigenvalue weighted by Gasteiger charge is 2.19. The van der Waals surface area contributed by atoms with Gasteiger partial charge < -0.3 is 14.2 Å². The first-order valence-corrected chi connectivity index (χ1v) is 32.7. The summed E-state index contributed by atoms with van der Waals surface area (Å²) >= 11 is 0. The summed E-state index contributed by atoms with van der Waals surface area (Å²) in [4.78, 5) is 38.2. The third-order valence-corrected chi connectivity index (χ3v) is 14.0. The molecule has 77 heavy (non-hydrogen) atoms. The van der Waals surface area contributed by atoms with Gasteiger partial charge in [0.1, 0.15) is 13.2 Å². The smallest absolute Gasteiger partial charge is 0.306 e. The summed E-state index contributed by atoms with van der Waals surface area (Å²) in [7, 11) is 0.